The van der Waals surface area contributed by atoms with Gasteiger partial charge in [-0.15, -0.1) is 0 Å². The summed E-state index contributed by atoms with van der Waals surface area (Å²) in [6.07, 6.45) is 0.878. The molecule has 0 aromatic heterocycles. The van der Waals surface area contributed by atoms with Crippen molar-refractivity contribution < 1.29 is 28.0 Å². The van der Waals surface area contributed by atoms with E-state index in [1.165, 1.54) is 18.9 Å². The summed E-state index contributed by atoms with van der Waals surface area (Å²) in [6.45, 7) is 4.36. The van der Waals surface area contributed by atoms with Gasteiger partial charge in [-0.3, -0.25) is 18.2 Å². The molecule has 9 heteroatoms. The lowest BCUT2D eigenvalue weighted by molar-refractivity contribution is 0.0486. The van der Waals surface area contributed by atoms with Gasteiger partial charge in [0, 0.05) is 0 Å². The summed E-state index contributed by atoms with van der Waals surface area (Å²) in [7, 11) is -6.64. The van der Waals surface area contributed by atoms with E-state index in [2.05, 4.69) is 22.9 Å². The summed E-state index contributed by atoms with van der Waals surface area (Å²) < 4.78 is 27.6. The second-order valence-electron chi connectivity index (χ2n) is 2.23. The Kier molecular flexibility index (Phi) is 13.6. The quantitative estimate of drug-likeness (QED) is 0.566. The minimum absolute atomic E-state index is 1.25. The Balaban J connectivity index is 0. The fourth-order valence-corrected chi connectivity index (χ4v) is 0.924. The third kappa shape index (κ3) is 16.5. The molecule has 0 rings (SSSR count). The van der Waals surface area contributed by atoms with Gasteiger partial charge in [0.05, 0.1) is 0 Å². The van der Waals surface area contributed by atoms with E-state index in [0.717, 1.165) is 0 Å². The standard InChI is InChI=1S/C4H10.C2H5NO6P2/c1-3-4-2;3-1-2(8-10(4)5)9-11(6)7/h3-4H2,1-2H3;2,10-11H,(H,4,5)(H,6,7). The first-order valence-corrected chi connectivity index (χ1v) is 6.69. The Morgan fingerprint density at radius 3 is 1.67 bits per heavy atom. The van der Waals surface area contributed by atoms with Crippen LogP contribution in [0.1, 0.15) is 26.7 Å². The summed E-state index contributed by atoms with van der Waals surface area (Å²) in [6, 6.07) is 1.25. The van der Waals surface area contributed by atoms with Crippen LogP contribution in [0.15, 0.2) is 0 Å². The fourth-order valence-electron chi connectivity index (χ4n) is 0.260. The van der Waals surface area contributed by atoms with Crippen LogP contribution in [0.2, 0.25) is 0 Å². The first kappa shape index (κ1) is 17.2. The second kappa shape index (κ2) is 11.9. The number of rotatable bonds is 5. The third-order valence-electron chi connectivity index (χ3n) is 1.02. The summed E-state index contributed by atoms with van der Waals surface area (Å²) >= 11 is 0. The van der Waals surface area contributed by atoms with Crippen LogP contribution in [0.3, 0.4) is 0 Å². The molecule has 7 nitrogen and oxygen atoms in total. The minimum atomic E-state index is -3.32. The van der Waals surface area contributed by atoms with Crippen molar-refractivity contribution in [2.45, 2.75) is 33.0 Å². The zero-order chi connectivity index (χ0) is 12.3. The summed E-state index contributed by atoms with van der Waals surface area (Å²) in [5.74, 6) is 0. The molecule has 2 N–H and O–H groups in total. The van der Waals surface area contributed by atoms with Crippen molar-refractivity contribution >= 4 is 16.5 Å². The number of nitriles is 1. The van der Waals surface area contributed by atoms with Crippen LogP contribution in [0.4, 0.5) is 0 Å². The molecule has 2 atom stereocenters. The van der Waals surface area contributed by atoms with Gasteiger partial charge in [-0.2, -0.15) is 5.26 Å². The molecule has 15 heavy (non-hydrogen) atoms. The smallest absolute Gasteiger partial charge is 0.319 e. The highest BCUT2D eigenvalue weighted by Crippen LogP contribution is 2.25. The van der Waals surface area contributed by atoms with Crippen molar-refractivity contribution in [2.24, 2.45) is 0 Å². The first-order chi connectivity index (χ1) is 6.97. The average molecular weight is 259 g/mol. The van der Waals surface area contributed by atoms with Crippen molar-refractivity contribution in [3.63, 3.8) is 0 Å². The van der Waals surface area contributed by atoms with Gasteiger partial charge in [-0.25, -0.2) is 0 Å². The van der Waals surface area contributed by atoms with Gasteiger partial charge in [0.2, 0.25) is 0 Å². The van der Waals surface area contributed by atoms with E-state index in [0.29, 0.717) is 0 Å². The summed E-state index contributed by atoms with van der Waals surface area (Å²) in [5.41, 5.74) is 0. The van der Waals surface area contributed by atoms with Gasteiger partial charge in [0.25, 0.3) is 6.29 Å². The van der Waals surface area contributed by atoms with Gasteiger partial charge in [-0.05, 0) is 0 Å². The predicted molar refractivity (Wildman–Crippen MR) is 54.6 cm³/mol. The third-order valence-corrected chi connectivity index (χ3v) is 1.85. The highest BCUT2D eigenvalue weighted by molar-refractivity contribution is 7.32. The van der Waals surface area contributed by atoms with E-state index in [1.54, 1.807) is 0 Å². The lowest BCUT2D eigenvalue weighted by Gasteiger charge is -2.04. The van der Waals surface area contributed by atoms with E-state index in [9.17, 15) is 9.13 Å². The summed E-state index contributed by atoms with van der Waals surface area (Å²) in [5, 5.41) is 8.06. The molecule has 0 amide bonds. The molecule has 2 unspecified atom stereocenters. The molecule has 0 saturated carbocycles. The molecule has 0 aromatic rings. The summed E-state index contributed by atoms with van der Waals surface area (Å²) in [4.78, 5) is 16.2. The van der Waals surface area contributed by atoms with Crippen LogP contribution in [0.25, 0.3) is 0 Å². The SMILES string of the molecule is CCCC.N#CC(O[PH](=O)O)O[PH](=O)O. The Bertz CT molecular complexity index is 222. The Hall–Kier alpha value is -0.210. The molecule has 0 aromatic carbocycles. The van der Waals surface area contributed by atoms with E-state index in [1.807, 2.05) is 0 Å². The molecule has 0 aliphatic heterocycles. The average Bonchev–Trinajstić information content (AvgIpc) is 2.15. The maximum Gasteiger partial charge on any atom is 0.319 e. The van der Waals surface area contributed by atoms with Crippen molar-refractivity contribution in [1.29, 1.82) is 5.26 Å². The van der Waals surface area contributed by atoms with Crippen molar-refractivity contribution in [3.05, 3.63) is 0 Å². The first-order valence-electron chi connectivity index (χ1n) is 4.16. The van der Waals surface area contributed by atoms with E-state index < -0.39 is 22.8 Å². The largest absolute Gasteiger partial charge is 0.326 e. The van der Waals surface area contributed by atoms with Crippen molar-refractivity contribution in [2.75, 3.05) is 0 Å². The number of hydrogen-bond donors (Lipinski definition) is 2. The highest BCUT2D eigenvalue weighted by atomic mass is 31.1. The van der Waals surface area contributed by atoms with Crippen LogP contribution in [0, 0.1) is 11.3 Å². The second-order valence-corrected chi connectivity index (χ2v) is 3.76. The molecule has 90 valence electrons. The van der Waals surface area contributed by atoms with Crippen LogP contribution in [-0.4, -0.2) is 16.1 Å². The van der Waals surface area contributed by atoms with Gasteiger partial charge >= 0.3 is 16.5 Å². The van der Waals surface area contributed by atoms with E-state index in [-0.39, 0.29) is 0 Å². The van der Waals surface area contributed by atoms with Crippen molar-refractivity contribution in [3.8, 4) is 6.07 Å². The predicted octanol–water partition coefficient (Wildman–Crippen LogP) is 1.44. The Morgan fingerprint density at radius 2 is 1.53 bits per heavy atom. The van der Waals surface area contributed by atoms with Gasteiger partial charge in [0.1, 0.15) is 6.07 Å². The molecule has 0 fully saturated rings. The number of hydrogen-bond acceptors (Lipinski definition) is 5. The molecule has 0 heterocycles. The van der Waals surface area contributed by atoms with Crippen molar-refractivity contribution in [1.82, 2.24) is 0 Å². The monoisotopic (exact) mass is 259 g/mol. The maximum atomic E-state index is 9.91. The topological polar surface area (TPSA) is 117 Å². The van der Waals surface area contributed by atoms with E-state index in [4.69, 9.17) is 15.0 Å². The number of unbranched alkanes of at least 4 members (excludes halogenated alkanes) is 1. The Morgan fingerprint density at radius 1 is 1.20 bits per heavy atom. The van der Waals surface area contributed by atoms with Crippen LogP contribution in [-0.2, 0) is 18.2 Å². The molecule has 0 aliphatic rings. The van der Waals surface area contributed by atoms with Crippen LogP contribution >= 0.6 is 16.5 Å². The van der Waals surface area contributed by atoms with Crippen LogP contribution in [0.5, 0.6) is 0 Å². The molecule has 0 radical (unpaired) electrons. The van der Waals surface area contributed by atoms with Gasteiger partial charge in [-0.1, -0.05) is 26.7 Å². The lowest BCUT2D eigenvalue weighted by Crippen LogP contribution is -2.06. The fraction of sp³-hybridized carbons (Fsp3) is 0.833. The molecule has 0 aliphatic carbocycles. The molecular weight excluding hydrogens is 244 g/mol. The lowest BCUT2D eigenvalue weighted by atomic mass is 10.4. The Labute approximate surface area is 89.5 Å². The van der Waals surface area contributed by atoms with Gasteiger partial charge in [0.15, 0.2) is 0 Å². The normalized spacial score (nSPS) is 15.4. The van der Waals surface area contributed by atoms with E-state index >= 15 is 0 Å². The zero-order valence-electron chi connectivity index (χ0n) is 8.47. The van der Waals surface area contributed by atoms with Crippen LogP contribution < -0.4 is 0 Å². The number of nitrogens with zero attached hydrogens (tertiary/aromatic N) is 1. The zero-order valence-corrected chi connectivity index (χ0v) is 10.5. The minimum Gasteiger partial charge on any atom is -0.326 e. The molecular formula is C6H15NO6P2. The van der Waals surface area contributed by atoms with Gasteiger partial charge < -0.3 is 9.79 Å². The molecule has 0 bridgehead atoms. The highest BCUT2D eigenvalue weighted by Gasteiger charge is 2.12. The molecule has 0 spiro atoms. The maximum absolute atomic E-state index is 9.91. The molecule has 0 saturated heterocycles.